The number of halogens is 1. The molecule has 2 amide bonds. The average molecular weight is 346 g/mol. The summed E-state index contributed by atoms with van der Waals surface area (Å²) >= 11 is 0. The van der Waals surface area contributed by atoms with E-state index in [0.29, 0.717) is 32.5 Å². The smallest absolute Gasteiger partial charge is 0.223 e. The summed E-state index contributed by atoms with van der Waals surface area (Å²) in [5.74, 6) is 0.842. The van der Waals surface area contributed by atoms with Crippen LogP contribution >= 0.6 is 0 Å². The van der Waals surface area contributed by atoms with E-state index in [9.17, 15) is 14.0 Å². The zero-order valence-electron chi connectivity index (χ0n) is 14.7. The van der Waals surface area contributed by atoms with Crippen LogP contribution < -0.4 is 5.32 Å². The van der Waals surface area contributed by atoms with Gasteiger partial charge in [0.25, 0.3) is 0 Å². The van der Waals surface area contributed by atoms with Crippen LogP contribution in [0.5, 0.6) is 0 Å². The van der Waals surface area contributed by atoms with E-state index in [4.69, 9.17) is 0 Å². The van der Waals surface area contributed by atoms with Gasteiger partial charge in [0.2, 0.25) is 11.8 Å². The predicted octanol–water partition coefficient (Wildman–Crippen LogP) is 3.26. The lowest BCUT2D eigenvalue weighted by Crippen LogP contribution is -2.31. The number of benzene rings is 1. The largest absolute Gasteiger partial charge is 0.356 e. The summed E-state index contributed by atoms with van der Waals surface area (Å²) in [6.07, 6.45) is 7.22. The second-order valence-electron chi connectivity index (χ2n) is 7.46. The Labute approximate surface area is 148 Å². The summed E-state index contributed by atoms with van der Waals surface area (Å²) in [4.78, 5) is 25.9. The van der Waals surface area contributed by atoms with Gasteiger partial charge in [-0.15, -0.1) is 0 Å². The van der Waals surface area contributed by atoms with Crippen molar-refractivity contribution in [2.75, 3.05) is 13.1 Å². The minimum absolute atomic E-state index is 0.106. The molecule has 1 aliphatic heterocycles. The molecule has 4 nitrogen and oxygen atoms in total. The molecule has 1 saturated carbocycles. The summed E-state index contributed by atoms with van der Waals surface area (Å²) in [5, 5.41) is 2.99. The molecule has 0 spiro atoms. The van der Waals surface area contributed by atoms with Crippen LogP contribution in [-0.4, -0.2) is 29.8 Å². The maximum Gasteiger partial charge on any atom is 0.223 e. The third-order valence-corrected chi connectivity index (χ3v) is 5.42. The van der Waals surface area contributed by atoms with Crippen molar-refractivity contribution in [1.82, 2.24) is 10.2 Å². The Morgan fingerprint density at radius 3 is 2.60 bits per heavy atom. The third-order valence-electron chi connectivity index (χ3n) is 5.42. The standard InChI is InChI=1S/C20H27FN2O2/c21-18-8-5-16(6-9-18)13-23-14-17(11-20(23)25)12-22-19(24)10-7-15-3-1-2-4-15/h5-6,8-9,15,17H,1-4,7,10-14H2,(H,22,24)/t17-/m0/s1. The van der Waals surface area contributed by atoms with E-state index < -0.39 is 0 Å². The Bertz CT molecular complexity index is 596. The second-order valence-corrected chi connectivity index (χ2v) is 7.46. The summed E-state index contributed by atoms with van der Waals surface area (Å²) in [6.45, 7) is 1.72. The number of rotatable bonds is 7. The Hall–Kier alpha value is -1.91. The average Bonchev–Trinajstić information content (AvgIpc) is 3.23. The summed E-state index contributed by atoms with van der Waals surface area (Å²) in [5.41, 5.74) is 0.927. The zero-order chi connectivity index (χ0) is 17.6. The fourth-order valence-electron chi connectivity index (χ4n) is 3.93. The fraction of sp³-hybridized carbons (Fsp3) is 0.600. The molecule has 1 atom stereocenters. The molecule has 136 valence electrons. The monoisotopic (exact) mass is 346 g/mol. The SMILES string of the molecule is O=C(CCC1CCCC1)NC[C@@H]1CC(=O)N(Cc2ccc(F)cc2)C1. The number of likely N-dealkylation sites (tertiary alicyclic amines) is 1. The molecule has 1 aromatic carbocycles. The van der Waals surface area contributed by atoms with Gasteiger partial charge in [0.1, 0.15) is 5.82 Å². The molecule has 0 radical (unpaired) electrons. The number of hydrogen-bond donors (Lipinski definition) is 1. The molecule has 1 heterocycles. The first-order valence-corrected chi connectivity index (χ1v) is 9.39. The second kappa shape index (κ2) is 8.45. The zero-order valence-corrected chi connectivity index (χ0v) is 14.7. The van der Waals surface area contributed by atoms with Crippen LogP contribution in [0.4, 0.5) is 4.39 Å². The molecule has 2 aliphatic rings. The van der Waals surface area contributed by atoms with Gasteiger partial charge in [-0.3, -0.25) is 9.59 Å². The van der Waals surface area contributed by atoms with Crippen molar-refractivity contribution in [1.29, 1.82) is 0 Å². The third kappa shape index (κ3) is 5.28. The van der Waals surface area contributed by atoms with E-state index in [-0.39, 0.29) is 23.5 Å². The van der Waals surface area contributed by atoms with Gasteiger partial charge in [-0.2, -0.15) is 0 Å². The molecular formula is C20H27FN2O2. The lowest BCUT2D eigenvalue weighted by Gasteiger charge is -2.17. The highest BCUT2D eigenvalue weighted by Gasteiger charge is 2.29. The Morgan fingerprint density at radius 2 is 1.88 bits per heavy atom. The van der Waals surface area contributed by atoms with Gasteiger partial charge in [0.05, 0.1) is 0 Å². The van der Waals surface area contributed by atoms with Crippen molar-refractivity contribution in [3.63, 3.8) is 0 Å². The molecule has 0 bridgehead atoms. The van der Waals surface area contributed by atoms with E-state index in [1.54, 1.807) is 17.0 Å². The molecule has 25 heavy (non-hydrogen) atoms. The number of carbonyl (C=O) groups is 2. The molecule has 0 unspecified atom stereocenters. The maximum absolute atomic E-state index is 13.0. The minimum atomic E-state index is -0.269. The van der Waals surface area contributed by atoms with Crippen molar-refractivity contribution in [3.05, 3.63) is 35.6 Å². The summed E-state index contributed by atoms with van der Waals surface area (Å²) in [6, 6.07) is 6.25. The summed E-state index contributed by atoms with van der Waals surface area (Å²) in [7, 11) is 0. The van der Waals surface area contributed by atoms with Crippen molar-refractivity contribution >= 4 is 11.8 Å². The molecule has 0 aromatic heterocycles. The van der Waals surface area contributed by atoms with Crippen molar-refractivity contribution < 1.29 is 14.0 Å². The number of carbonyl (C=O) groups excluding carboxylic acids is 2. The van der Waals surface area contributed by atoms with Crippen LogP contribution in [0, 0.1) is 17.7 Å². The van der Waals surface area contributed by atoms with Crippen molar-refractivity contribution in [2.45, 2.75) is 51.5 Å². The highest BCUT2D eigenvalue weighted by Crippen LogP contribution is 2.28. The van der Waals surface area contributed by atoms with Gasteiger partial charge >= 0.3 is 0 Å². The van der Waals surface area contributed by atoms with Gasteiger partial charge in [0.15, 0.2) is 0 Å². The Balaban J connectivity index is 1.38. The first-order chi connectivity index (χ1) is 12.1. The molecule has 1 N–H and O–H groups in total. The van der Waals surface area contributed by atoms with Crippen LogP contribution in [0.2, 0.25) is 0 Å². The highest BCUT2D eigenvalue weighted by atomic mass is 19.1. The summed E-state index contributed by atoms with van der Waals surface area (Å²) < 4.78 is 13.0. The van der Waals surface area contributed by atoms with Crippen molar-refractivity contribution in [3.8, 4) is 0 Å². The predicted molar refractivity (Wildman–Crippen MR) is 94.1 cm³/mol. The Morgan fingerprint density at radius 1 is 1.16 bits per heavy atom. The number of amides is 2. The van der Waals surface area contributed by atoms with Crippen LogP contribution in [0.25, 0.3) is 0 Å². The van der Waals surface area contributed by atoms with E-state index in [1.807, 2.05) is 0 Å². The maximum atomic E-state index is 13.0. The van der Waals surface area contributed by atoms with Crippen LogP contribution in [0.1, 0.15) is 50.5 Å². The molecule has 1 aromatic rings. The molecule has 1 saturated heterocycles. The van der Waals surface area contributed by atoms with E-state index in [1.165, 1.54) is 37.8 Å². The highest BCUT2D eigenvalue weighted by molar-refractivity contribution is 5.79. The molecule has 2 fully saturated rings. The number of hydrogen-bond acceptors (Lipinski definition) is 2. The van der Waals surface area contributed by atoms with Crippen LogP contribution in [0.3, 0.4) is 0 Å². The van der Waals surface area contributed by atoms with E-state index in [2.05, 4.69) is 5.32 Å². The fourth-order valence-corrected chi connectivity index (χ4v) is 3.93. The van der Waals surface area contributed by atoms with Gasteiger partial charge in [-0.1, -0.05) is 37.8 Å². The van der Waals surface area contributed by atoms with E-state index >= 15 is 0 Å². The van der Waals surface area contributed by atoms with Gasteiger partial charge in [0, 0.05) is 38.4 Å². The lowest BCUT2D eigenvalue weighted by molar-refractivity contribution is -0.128. The van der Waals surface area contributed by atoms with E-state index in [0.717, 1.165) is 17.9 Å². The number of nitrogens with zero attached hydrogens (tertiary/aromatic N) is 1. The lowest BCUT2D eigenvalue weighted by atomic mass is 10.0. The normalized spacial score (nSPS) is 21.1. The number of nitrogens with one attached hydrogen (secondary N) is 1. The first kappa shape index (κ1) is 17.9. The van der Waals surface area contributed by atoms with Crippen LogP contribution in [-0.2, 0) is 16.1 Å². The quantitative estimate of drug-likeness (QED) is 0.824. The molecule has 3 rings (SSSR count). The first-order valence-electron chi connectivity index (χ1n) is 9.39. The molecule has 5 heteroatoms. The van der Waals surface area contributed by atoms with Gasteiger partial charge < -0.3 is 10.2 Å². The molecular weight excluding hydrogens is 319 g/mol. The minimum Gasteiger partial charge on any atom is -0.356 e. The van der Waals surface area contributed by atoms with Crippen molar-refractivity contribution in [2.24, 2.45) is 11.8 Å². The topological polar surface area (TPSA) is 49.4 Å². The van der Waals surface area contributed by atoms with Gasteiger partial charge in [-0.25, -0.2) is 4.39 Å². The Kier molecular flexibility index (Phi) is 6.05. The van der Waals surface area contributed by atoms with Crippen LogP contribution in [0.15, 0.2) is 24.3 Å². The van der Waals surface area contributed by atoms with Gasteiger partial charge in [-0.05, 0) is 30.0 Å². The molecule has 1 aliphatic carbocycles.